The second kappa shape index (κ2) is 6.67. The van der Waals surface area contributed by atoms with E-state index in [9.17, 15) is 4.79 Å². The van der Waals surface area contributed by atoms with E-state index in [-0.39, 0.29) is 18.1 Å². The number of ether oxygens (including phenoxy) is 1. The van der Waals surface area contributed by atoms with Gasteiger partial charge in [0.25, 0.3) is 5.91 Å². The number of nitrogens with zero attached hydrogens (tertiary/aromatic N) is 2. The van der Waals surface area contributed by atoms with Crippen molar-refractivity contribution in [2.45, 2.75) is 26.1 Å². The Morgan fingerprint density at radius 3 is 3.10 bits per heavy atom. The molecule has 2 unspecified atom stereocenters. The highest BCUT2D eigenvalue weighted by Crippen LogP contribution is 2.20. The molecule has 1 saturated heterocycles. The third-order valence-electron chi connectivity index (χ3n) is 3.27. The van der Waals surface area contributed by atoms with Crippen LogP contribution < -0.4 is 16.0 Å². The molecular formula is C14H22N4O2. The summed E-state index contributed by atoms with van der Waals surface area (Å²) in [5.74, 6) is -0.147. The highest BCUT2D eigenvalue weighted by Gasteiger charge is 2.24. The molecule has 1 aliphatic heterocycles. The van der Waals surface area contributed by atoms with E-state index in [1.54, 1.807) is 6.20 Å². The van der Waals surface area contributed by atoms with E-state index < -0.39 is 0 Å². The Bertz CT molecular complexity index is 466. The minimum absolute atomic E-state index is 0.0276. The van der Waals surface area contributed by atoms with E-state index >= 15 is 0 Å². The van der Waals surface area contributed by atoms with Crippen LogP contribution in [0.1, 0.15) is 24.3 Å². The van der Waals surface area contributed by atoms with Crippen molar-refractivity contribution in [2.24, 2.45) is 5.73 Å². The molecule has 1 fully saturated rings. The van der Waals surface area contributed by atoms with E-state index in [2.05, 4.69) is 15.2 Å². The number of pyridine rings is 1. The van der Waals surface area contributed by atoms with Crippen LogP contribution in [-0.4, -0.2) is 49.3 Å². The summed E-state index contributed by atoms with van der Waals surface area (Å²) >= 11 is 0. The molecule has 2 heterocycles. The van der Waals surface area contributed by atoms with Gasteiger partial charge >= 0.3 is 0 Å². The summed E-state index contributed by atoms with van der Waals surface area (Å²) in [6, 6.07) is 3.73. The van der Waals surface area contributed by atoms with Crippen LogP contribution in [0.15, 0.2) is 18.3 Å². The molecule has 1 aliphatic rings. The maximum atomic E-state index is 11.8. The van der Waals surface area contributed by atoms with Gasteiger partial charge in [0.2, 0.25) is 0 Å². The van der Waals surface area contributed by atoms with Crippen LogP contribution >= 0.6 is 0 Å². The predicted molar refractivity (Wildman–Crippen MR) is 77.8 cm³/mol. The van der Waals surface area contributed by atoms with Crippen LogP contribution in [0, 0.1) is 0 Å². The minimum atomic E-state index is -0.147. The van der Waals surface area contributed by atoms with Gasteiger partial charge in [-0.25, -0.2) is 0 Å². The lowest BCUT2D eigenvalue weighted by Gasteiger charge is -2.37. The lowest BCUT2D eigenvalue weighted by atomic mass is 10.2. The van der Waals surface area contributed by atoms with Crippen molar-refractivity contribution in [3.63, 3.8) is 0 Å². The molecule has 3 N–H and O–H groups in total. The first-order chi connectivity index (χ1) is 9.63. The second-order valence-electron chi connectivity index (χ2n) is 4.97. The monoisotopic (exact) mass is 278 g/mol. The molecule has 6 heteroatoms. The lowest BCUT2D eigenvalue weighted by molar-refractivity contribution is -0.0104. The number of rotatable bonds is 4. The molecule has 1 amide bonds. The normalized spacial score (nSPS) is 22.6. The molecule has 0 aromatic carbocycles. The van der Waals surface area contributed by atoms with Crippen molar-refractivity contribution in [3.05, 3.63) is 24.0 Å². The first-order valence-electron chi connectivity index (χ1n) is 6.98. The SMILES string of the molecule is CCNC(=O)c1cc(N2CC(C)OC(CN)C2)ccn1. The number of nitrogens with two attached hydrogens (primary N) is 1. The molecule has 20 heavy (non-hydrogen) atoms. The van der Waals surface area contributed by atoms with Crippen LogP contribution in [0.4, 0.5) is 5.69 Å². The summed E-state index contributed by atoms with van der Waals surface area (Å²) in [5.41, 5.74) is 7.11. The van der Waals surface area contributed by atoms with Gasteiger partial charge in [-0.2, -0.15) is 0 Å². The minimum Gasteiger partial charge on any atom is -0.370 e. The van der Waals surface area contributed by atoms with Gasteiger partial charge in [-0.05, 0) is 26.0 Å². The van der Waals surface area contributed by atoms with Gasteiger partial charge in [0.15, 0.2) is 0 Å². The molecule has 2 atom stereocenters. The highest BCUT2D eigenvalue weighted by atomic mass is 16.5. The number of anilines is 1. The van der Waals surface area contributed by atoms with Gasteiger partial charge in [-0.1, -0.05) is 0 Å². The molecule has 0 radical (unpaired) electrons. The van der Waals surface area contributed by atoms with E-state index in [4.69, 9.17) is 10.5 Å². The van der Waals surface area contributed by atoms with Crippen LogP contribution in [-0.2, 0) is 4.74 Å². The van der Waals surface area contributed by atoms with E-state index in [1.807, 2.05) is 26.0 Å². The molecule has 0 bridgehead atoms. The molecule has 0 saturated carbocycles. The number of hydrogen-bond donors (Lipinski definition) is 2. The molecule has 0 aliphatic carbocycles. The predicted octanol–water partition coefficient (Wildman–Crippen LogP) is 0.384. The maximum absolute atomic E-state index is 11.8. The Morgan fingerprint density at radius 2 is 2.40 bits per heavy atom. The number of carbonyl (C=O) groups excluding carboxylic acids is 1. The third-order valence-corrected chi connectivity index (χ3v) is 3.27. The first kappa shape index (κ1) is 14.7. The number of carbonyl (C=O) groups is 1. The fourth-order valence-electron chi connectivity index (χ4n) is 2.38. The third kappa shape index (κ3) is 3.46. The van der Waals surface area contributed by atoms with E-state index in [0.717, 1.165) is 18.8 Å². The van der Waals surface area contributed by atoms with Crippen molar-refractivity contribution in [1.29, 1.82) is 0 Å². The van der Waals surface area contributed by atoms with E-state index in [1.165, 1.54) is 0 Å². The molecule has 0 spiro atoms. The van der Waals surface area contributed by atoms with Gasteiger partial charge in [0.05, 0.1) is 12.2 Å². The zero-order valence-electron chi connectivity index (χ0n) is 12.0. The molecule has 6 nitrogen and oxygen atoms in total. The average Bonchev–Trinajstić information content (AvgIpc) is 2.47. The van der Waals surface area contributed by atoms with Crippen molar-refractivity contribution < 1.29 is 9.53 Å². The summed E-state index contributed by atoms with van der Waals surface area (Å²) in [6.07, 6.45) is 1.82. The molecule has 1 aromatic heterocycles. The van der Waals surface area contributed by atoms with Gasteiger partial charge in [0.1, 0.15) is 5.69 Å². The largest absolute Gasteiger partial charge is 0.370 e. The van der Waals surface area contributed by atoms with Crippen molar-refractivity contribution in [2.75, 3.05) is 31.1 Å². The number of hydrogen-bond acceptors (Lipinski definition) is 5. The topological polar surface area (TPSA) is 80.5 Å². The summed E-state index contributed by atoms with van der Waals surface area (Å²) in [4.78, 5) is 18.1. The molecule has 1 aromatic rings. The smallest absolute Gasteiger partial charge is 0.269 e. The van der Waals surface area contributed by atoms with Crippen LogP contribution in [0.2, 0.25) is 0 Å². The van der Waals surface area contributed by atoms with Crippen LogP contribution in [0.25, 0.3) is 0 Å². The zero-order valence-corrected chi connectivity index (χ0v) is 12.0. The highest BCUT2D eigenvalue weighted by molar-refractivity contribution is 5.93. The first-order valence-corrected chi connectivity index (χ1v) is 6.98. The lowest BCUT2D eigenvalue weighted by Crippen LogP contribution is -2.49. The summed E-state index contributed by atoms with van der Waals surface area (Å²) < 4.78 is 5.74. The van der Waals surface area contributed by atoms with Crippen molar-refractivity contribution in [1.82, 2.24) is 10.3 Å². The van der Waals surface area contributed by atoms with Gasteiger partial charge in [-0.15, -0.1) is 0 Å². The Balaban J connectivity index is 2.15. The zero-order chi connectivity index (χ0) is 14.5. The average molecular weight is 278 g/mol. The van der Waals surface area contributed by atoms with Gasteiger partial charge in [-0.3, -0.25) is 9.78 Å². The fourth-order valence-corrected chi connectivity index (χ4v) is 2.38. The van der Waals surface area contributed by atoms with Crippen molar-refractivity contribution >= 4 is 11.6 Å². The number of nitrogens with one attached hydrogen (secondary N) is 1. The second-order valence-corrected chi connectivity index (χ2v) is 4.97. The summed E-state index contributed by atoms with van der Waals surface area (Å²) in [5, 5.41) is 2.76. The molecule has 2 rings (SSSR count). The molecular weight excluding hydrogens is 256 g/mol. The maximum Gasteiger partial charge on any atom is 0.269 e. The number of aromatic nitrogens is 1. The summed E-state index contributed by atoms with van der Waals surface area (Å²) in [7, 11) is 0. The van der Waals surface area contributed by atoms with Crippen molar-refractivity contribution in [3.8, 4) is 0 Å². The molecule has 110 valence electrons. The van der Waals surface area contributed by atoms with E-state index in [0.29, 0.717) is 18.8 Å². The van der Waals surface area contributed by atoms with Gasteiger partial charge in [0, 0.05) is 38.1 Å². The Kier molecular flexibility index (Phi) is 4.92. The quantitative estimate of drug-likeness (QED) is 0.832. The van der Waals surface area contributed by atoms with Crippen LogP contribution in [0.5, 0.6) is 0 Å². The summed E-state index contributed by atoms with van der Waals surface area (Å²) in [6.45, 7) is 6.52. The fraction of sp³-hybridized carbons (Fsp3) is 0.571. The van der Waals surface area contributed by atoms with Gasteiger partial charge < -0.3 is 20.7 Å². The Labute approximate surface area is 119 Å². The standard InChI is InChI=1S/C14H22N4O2/c1-3-16-14(19)13-6-11(4-5-17-13)18-8-10(2)20-12(7-15)9-18/h4-6,10,12H,3,7-9,15H2,1-2H3,(H,16,19). The Morgan fingerprint density at radius 1 is 1.60 bits per heavy atom. The van der Waals surface area contributed by atoms with Crippen LogP contribution in [0.3, 0.4) is 0 Å². The number of morpholine rings is 1. The number of amides is 1. The Hall–Kier alpha value is -1.66.